The highest BCUT2D eigenvalue weighted by atomic mass is 16.6. The first-order valence-electron chi connectivity index (χ1n) is 28.4. The third-order valence-electron chi connectivity index (χ3n) is 12.9. The summed E-state index contributed by atoms with van der Waals surface area (Å²) in [4.78, 5) is 0. The van der Waals surface area contributed by atoms with Gasteiger partial charge in [-0.2, -0.15) is 0 Å². The first kappa shape index (κ1) is 63.2. The van der Waals surface area contributed by atoms with Crippen LogP contribution in [0.2, 0.25) is 0 Å². The third kappa shape index (κ3) is 21.8. The molecule has 7 aromatic carbocycles. The number of hydrogen-bond donors (Lipinski definition) is 0. The van der Waals surface area contributed by atoms with E-state index in [9.17, 15) is 0 Å². The van der Waals surface area contributed by atoms with Gasteiger partial charge in [-0.05, 0) is 91.0 Å². The quantitative estimate of drug-likeness (QED) is 0.0336. The molecule has 0 aliphatic heterocycles. The Bertz CT molecular complexity index is 2540. The molecule has 0 aromatic heterocycles. The molecule has 14 nitrogen and oxygen atoms in total. The molecule has 0 atom stereocenters. The fourth-order valence-electron chi connectivity index (χ4n) is 9.02. The number of rotatable bonds is 44. The van der Waals surface area contributed by atoms with Crippen LogP contribution in [0.25, 0.3) is 66.8 Å². The molecule has 7 rings (SSSR count). The predicted octanol–water partition coefficient (Wildman–Crippen LogP) is 11.9. The summed E-state index contributed by atoms with van der Waals surface area (Å²) >= 11 is 0. The van der Waals surface area contributed by atoms with Crippen LogP contribution >= 0.6 is 0 Å². The van der Waals surface area contributed by atoms with Crippen molar-refractivity contribution < 1.29 is 66.3 Å². The summed E-state index contributed by atoms with van der Waals surface area (Å²) in [6.07, 6.45) is 0. The van der Waals surface area contributed by atoms with Crippen LogP contribution in [0.5, 0.6) is 11.5 Å². The van der Waals surface area contributed by atoms with Gasteiger partial charge >= 0.3 is 0 Å². The highest BCUT2D eigenvalue weighted by Gasteiger charge is 2.29. The van der Waals surface area contributed by atoms with E-state index in [0.717, 1.165) is 78.3 Å². The maximum atomic E-state index is 6.27. The maximum Gasteiger partial charge on any atom is 0.119 e. The Hall–Kier alpha value is -6.34. The van der Waals surface area contributed by atoms with Gasteiger partial charge in [-0.1, -0.05) is 146 Å². The van der Waals surface area contributed by atoms with Gasteiger partial charge in [0.25, 0.3) is 0 Å². The molecule has 0 heterocycles. The molecule has 0 bridgehead atoms. The molecule has 438 valence electrons. The molecular weight excluding hydrogens is 1040 g/mol. The number of methoxy groups -OCH3 is 2. The van der Waals surface area contributed by atoms with Crippen LogP contribution in [-0.4, -0.2) is 173 Å². The SMILES string of the molecule is COCCOCCOCCOCCOCCOCCOc1ccc(-c2c(-c3ccccc3)c(-c3ccccc3)c(-c3ccccc3)c(-c3ccccc3)c2-c2ccc(OCCOCCOCCOCCOCCOCCOC)cc2)cc1. The lowest BCUT2D eigenvalue weighted by Crippen LogP contribution is -2.14. The van der Waals surface area contributed by atoms with E-state index in [2.05, 4.69) is 170 Å². The van der Waals surface area contributed by atoms with E-state index in [1.807, 2.05) is 0 Å². The first-order valence-corrected chi connectivity index (χ1v) is 28.4. The Kier molecular flexibility index (Phi) is 30.2. The molecule has 0 aliphatic rings. The lowest BCUT2D eigenvalue weighted by atomic mass is 9.74. The molecule has 14 heteroatoms. The van der Waals surface area contributed by atoms with Gasteiger partial charge in [-0.25, -0.2) is 0 Å². The molecule has 7 aromatic rings. The predicted molar refractivity (Wildman–Crippen MR) is 322 cm³/mol. The van der Waals surface area contributed by atoms with Crippen LogP contribution in [0.1, 0.15) is 0 Å². The molecular formula is C68H82O14. The van der Waals surface area contributed by atoms with E-state index in [4.69, 9.17) is 66.3 Å². The summed E-state index contributed by atoms with van der Waals surface area (Å²) in [5, 5.41) is 0. The van der Waals surface area contributed by atoms with Crippen LogP contribution in [0, 0.1) is 0 Å². The van der Waals surface area contributed by atoms with Crippen LogP contribution in [0.15, 0.2) is 170 Å². The lowest BCUT2D eigenvalue weighted by Gasteiger charge is -2.29. The van der Waals surface area contributed by atoms with Crippen LogP contribution in [-0.2, 0) is 56.8 Å². The molecule has 0 saturated carbocycles. The van der Waals surface area contributed by atoms with Crippen molar-refractivity contribution in [1.29, 1.82) is 0 Å². The summed E-state index contributed by atoms with van der Waals surface area (Å²) in [6, 6.07) is 59.9. The van der Waals surface area contributed by atoms with E-state index in [0.29, 0.717) is 159 Å². The highest BCUT2D eigenvalue weighted by Crippen LogP contribution is 2.56. The summed E-state index contributed by atoms with van der Waals surface area (Å²) < 4.78 is 78.6. The zero-order chi connectivity index (χ0) is 56.8. The average Bonchev–Trinajstić information content (AvgIpc) is 1.95. The lowest BCUT2D eigenvalue weighted by molar-refractivity contribution is -0.0159. The molecule has 0 amide bonds. The Balaban J connectivity index is 1.04. The monoisotopic (exact) mass is 1120 g/mol. The van der Waals surface area contributed by atoms with Gasteiger partial charge in [0.2, 0.25) is 0 Å². The number of ether oxygens (including phenoxy) is 14. The Morgan fingerprint density at radius 2 is 0.354 bits per heavy atom. The van der Waals surface area contributed by atoms with E-state index in [1.54, 1.807) is 14.2 Å². The van der Waals surface area contributed by atoms with Gasteiger partial charge in [-0.15, -0.1) is 0 Å². The maximum absolute atomic E-state index is 6.27. The summed E-state index contributed by atoms with van der Waals surface area (Å²) in [5.74, 6) is 1.49. The molecule has 0 unspecified atom stereocenters. The normalized spacial score (nSPS) is 11.3. The zero-order valence-corrected chi connectivity index (χ0v) is 47.9. The molecule has 0 fully saturated rings. The fraction of sp³-hybridized carbons (Fsp3) is 0.382. The molecule has 82 heavy (non-hydrogen) atoms. The van der Waals surface area contributed by atoms with Crippen LogP contribution < -0.4 is 9.47 Å². The van der Waals surface area contributed by atoms with Crippen molar-refractivity contribution in [3.63, 3.8) is 0 Å². The van der Waals surface area contributed by atoms with Gasteiger partial charge in [-0.3, -0.25) is 0 Å². The number of hydrogen-bond acceptors (Lipinski definition) is 14. The van der Waals surface area contributed by atoms with Gasteiger partial charge < -0.3 is 66.3 Å². The van der Waals surface area contributed by atoms with Crippen molar-refractivity contribution in [2.45, 2.75) is 0 Å². The second-order valence-electron chi connectivity index (χ2n) is 18.6. The topological polar surface area (TPSA) is 129 Å². The van der Waals surface area contributed by atoms with Crippen LogP contribution in [0.3, 0.4) is 0 Å². The molecule has 0 radical (unpaired) electrons. The zero-order valence-electron chi connectivity index (χ0n) is 47.9. The minimum absolute atomic E-state index is 0.388. The first-order chi connectivity index (χ1) is 40.8. The van der Waals surface area contributed by atoms with Gasteiger partial charge in [0.1, 0.15) is 24.7 Å². The highest BCUT2D eigenvalue weighted by molar-refractivity contribution is 6.15. The Morgan fingerprint density at radius 3 is 0.549 bits per heavy atom. The van der Waals surface area contributed by atoms with E-state index >= 15 is 0 Å². The molecule has 0 saturated heterocycles. The second kappa shape index (κ2) is 39.2. The van der Waals surface area contributed by atoms with Crippen LogP contribution in [0.4, 0.5) is 0 Å². The minimum atomic E-state index is 0.388. The number of benzene rings is 7. The van der Waals surface area contributed by atoms with E-state index in [-0.39, 0.29) is 0 Å². The molecule has 0 spiro atoms. The second-order valence-corrected chi connectivity index (χ2v) is 18.6. The fourth-order valence-corrected chi connectivity index (χ4v) is 9.02. The summed E-state index contributed by atoms with van der Waals surface area (Å²) in [5.41, 5.74) is 13.2. The van der Waals surface area contributed by atoms with Crippen molar-refractivity contribution in [2.75, 3.05) is 173 Å². The van der Waals surface area contributed by atoms with E-state index < -0.39 is 0 Å². The Morgan fingerprint density at radius 1 is 0.183 bits per heavy atom. The van der Waals surface area contributed by atoms with Gasteiger partial charge in [0.15, 0.2) is 0 Å². The van der Waals surface area contributed by atoms with Gasteiger partial charge in [0, 0.05) is 14.2 Å². The molecule has 0 N–H and O–H groups in total. The van der Waals surface area contributed by atoms with Crippen molar-refractivity contribution in [3.8, 4) is 78.3 Å². The minimum Gasteiger partial charge on any atom is -0.491 e. The van der Waals surface area contributed by atoms with Crippen molar-refractivity contribution in [3.05, 3.63) is 170 Å². The summed E-state index contributed by atoms with van der Waals surface area (Å²) in [7, 11) is 3.30. The van der Waals surface area contributed by atoms with Crippen molar-refractivity contribution in [2.24, 2.45) is 0 Å². The standard InChI is InChI=1S/C68H82O14/c1-69-31-33-71-35-37-73-39-41-75-43-45-77-47-49-79-51-53-81-61-27-23-59(24-28-61)67-65(57-19-11-5-12-20-57)63(55-15-7-3-8-16-55)64(56-17-9-4-10-18-56)66(58-21-13-6-14-22-58)68(67)60-25-29-62(30-26-60)82-54-52-80-50-48-78-46-44-76-42-40-74-38-36-72-34-32-70-2/h3-30H,31-54H2,1-2H3. The van der Waals surface area contributed by atoms with Gasteiger partial charge in [0.05, 0.1) is 145 Å². The van der Waals surface area contributed by atoms with Crippen molar-refractivity contribution in [1.82, 2.24) is 0 Å². The van der Waals surface area contributed by atoms with Crippen molar-refractivity contribution >= 4 is 0 Å². The average molecular weight is 1120 g/mol. The smallest absolute Gasteiger partial charge is 0.119 e. The Labute approximate surface area is 485 Å². The third-order valence-corrected chi connectivity index (χ3v) is 12.9. The molecule has 0 aliphatic carbocycles. The summed E-state index contributed by atoms with van der Waals surface area (Å²) in [6.45, 7) is 11.8. The van der Waals surface area contributed by atoms with E-state index in [1.165, 1.54) is 0 Å². The largest absolute Gasteiger partial charge is 0.491 e.